The Morgan fingerprint density at radius 2 is 2.18 bits per heavy atom. The molecule has 0 amide bonds. The van der Waals surface area contributed by atoms with E-state index in [0.29, 0.717) is 0 Å². The molecule has 3 atom stereocenters. The van der Waals surface area contributed by atoms with Gasteiger partial charge in [0, 0.05) is 12.6 Å². The van der Waals surface area contributed by atoms with Crippen LogP contribution in [0.3, 0.4) is 0 Å². The van der Waals surface area contributed by atoms with Gasteiger partial charge in [0.2, 0.25) is 0 Å². The van der Waals surface area contributed by atoms with Crippen LogP contribution >= 0.6 is 0 Å². The number of nitrogens with one attached hydrogen (secondary N) is 1. The Bertz CT molecular complexity index is 136. The maximum absolute atomic E-state index is 3.43. The van der Waals surface area contributed by atoms with E-state index < -0.39 is 0 Å². The van der Waals surface area contributed by atoms with Crippen molar-refractivity contribution in [2.24, 2.45) is 5.92 Å². The lowest BCUT2D eigenvalue weighted by Crippen LogP contribution is -2.51. The van der Waals surface area contributed by atoms with Crippen LogP contribution in [0.25, 0.3) is 0 Å². The van der Waals surface area contributed by atoms with Gasteiger partial charge in [-0.3, -0.25) is 0 Å². The topological polar surface area (TPSA) is 15.3 Å². The summed E-state index contributed by atoms with van der Waals surface area (Å²) in [7, 11) is 2.11. The van der Waals surface area contributed by atoms with Crippen molar-refractivity contribution in [1.82, 2.24) is 10.2 Å². The van der Waals surface area contributed by atoms with Crippen molar-refractivity contribution < 1.29 is 0 Å². The fourth-order valence-electron chi connectivity index (χ4n) is 2.56. The quantitative estimate of drug-likeness (QED) is 0.598. The van der Waals surface area contributed by atoms with Crippen LogP contribution in [-0.2, 0) is 0 Å². The molecule has 2 saturated heterocycles. The molecule has 64 valence electrons. The zero-order valence-corrected chi connectivity index (χ0v) is 7.34. The molecule has 0 saturated carbocycles. The van der Waals surface area contributed by atoms with E-state index in [-0.39, 0.29) is 0 Å². The highest BCUT2D eigenvalue weighted by Gasteiger charge is 2.30. The van der Waals surface area contributed by atoms with Crippen LogP contribution in [0, 0.1) is 5.92 Å². The zero-order valence-electron chi connectivity index (χ0n) is 7.34. The molecular weight excluding hydrogens is 136 g/mol. The summed E-state index contributed by atoms with van der Waals surface area (Å²) >= 11 is 0. The van der Waals surface area contributed by atoms with E-state index in [2.05, 4.69) is 17.3 Å². The highest BCUT2D eigenvalue weighted by molar-refractivity contribution is 4.87. The van der Waals surface area contributed by atoms with Gasteiger partial charge in [0.15, 0.2) is 0 Å². The second-order valence-corrected chi connectivity index (χ2v) is 3.89. The molecule has 2 rings (SSSR count). The monoisotopic (exact) mass is 154 g/mol. The number of rotatable bonds is 1. The first kappa shape index (κ1) is 7.56. The van der Waals surface area contributed by atoms with Gasteiger partial charge in [-0.15, -0.1) is 0 Å². The van der Waals surface area contributed by atoms with Crippen LogP contribution in [0.5, 0.6) is 0 Å². The number of fused-ring (bicyclic) bond motifs is 2. The summed E-state index contributed by atoms with van der Waals surface area (Å²) in [5.41, 5.74) is 0. The Kier molecular flexibility index (Phi) is 2.14. The highest BCUT2D eigenvalue weighted by atomic mass is 15.2. The Labute approximate surface area is 69.0 Å². The van der Waals surface area contributed by atoms with Gasteiger partial charge >= 0.3 is 0 Å². The third-order valence-electron chi connectivity index (χ3n) is 3.24. The largest absolute Gasteiger partial charge is 0.317 e. The molecule has 11 heavy (non-hydrogen) atoms. The van der Waals surface area contributed by atoms with Crippen LogP contribution in [0.1, 0.15) is 19.3 Å². The average molecular weight is 154 g/mol. The van der Waals surface area contributed by atoms with E-state index in [1.54, 1.807) is 0 Å². The Morgan fingerprint density at radius 1 is 1.27 bits per heavy atom. The van der Waals surface area contributed by atoms with Crippen molar-refractivity contribution >= 4 is 0 Å². The van der Waals surface area contributed by atoms with Crippen LogP contribution in [0.2, 0.25) is 0 Å². The van der Waals surface area contributed by atoms with Crippen LogP contribution < -0.4 is 5.32 Å². The summed E-state index contributed by atoms with van der Waals surface area (Å²) in [6.45, 7) is 4.03. The standard InChI is InChI=1S/C9H18N2/c1-10-9-4-6-11-5-2-3-8(9)7-11/h8-10H,2-7H2,1H3. The molecule has 1 N–H and O–H groups in total. The minimum atomic E-state index is 0.812. The van der Waals surface area contributed by atoms with E-state index in [1.807, 2.05) is 0 Å². The summed E-state index contributed by atoms with van der Waals surface area (Å²) < 4.78 is 0. The molecule has 2 nitrogen and oxygen atoms in total. The van der Waals surface area contributed by atoms with E-state index in [9.17, 15) is 0 Å². The zero-order chi connectivity index (χ0) is 7.68. The number of nitrogens with zero attached hydrogens (tertiary/aromatic N) is 1. The second-order valence-electron chi connectivity index (χ2n) is 3.89. The van der Waals surface area contributed by atoms with Gasteiger partial charge < -0.3 is 10.2 Å². The first-order chi connectivity index (χ1) is 5.40. The van der Waals surface area contributed by atoms with E-state index in [0.717, 1.165) is 12.0 Å². The van der Waals surface area contributed by atoms with Crippen molar-refractivity contribution in [2.45, 2.75) is 25.3 Å². The van der Waals surface area contributed by atoms with Crippen LogP contribution in [-0.4, -0.2) is 37.6 Å². The SMILES string of the molecule is CNC1CCN2CCCC1C2. The summed E-state index contributed by atoms with van der Waals surface area (Å²) in [5.74, 6) is 0.947. The maximum atomic E-state index is 3.43. The minimum Gasteiger partial charge on any atom is -0.317 e. The smallest absolute Gasteiger partial charge is 0.0117 e. The van der Waals surface area contributed by atoms with Crippen molar-refractivity contribution in [1.29, 1.82) is 0 Å². The predicted octanol–water partition coefficient (Wildman–Crippen LogP) is 0.690. The van der Waals surface area contributed by atoms with Gasteiger partial charge in [-0.25, -0.2) is 0 Å². The number of piperidine rings is 2. The summed E-state index contributed by atoms with van der Waals surface area (Å²) in [4.78, 5) is 2.61. The van der Waals surface area contributed by atoms with E-state index in [1.165, 1.54) is 38.9 Å². The minimum absolute atomic E-state index is 0.812. The summed E-state index contributed by atoms with van der Waals surface area (Å²) in [5, 5.41) is 3.43. The Morgan fingerprint density at radius 3 is 3.00 bits per heavy atom. The van der Waals surface area contributed by atoms with Gasteiger partial charge in [-0.1, -0.05) is 0 Å². The molecule has 0 aromatic heterocycles. The van der Waals surface area contributed by atoms with E-state index >= 15 is 0 Å². The fourth-order valence-corrected chi connectivity index (χ4v) is 2.56. The molecule has 2 bridgehead atoms. The Balaban J connectivity index is 1.97. The van der Waals surface area contributed by atoms with Gasteiger partial charge in [0.25, 0.3) is 0 Å². The van der Waals surface area contributed by atoms with Gasteiger partial charge in [-0.05, 0) is 45.3 Å². The summed E-state index contributed by atoms with van der Waals surface area (Å²) in [6.07, 6.45) is 4.23. The molecule has 0 radical (unpaired) electrons. The molecule has 0 aliphatic carbocycles. The maximum Gasteiger partial charge on any atom is 0.0117 e. The Hall–Kier alpha value is -0.0800. The fraction of sp³-hybridized carbons (Fsp3) is 1.00. The molecule has 2 fully saturated rings. The molecule has 2 heterocycles. The van der Waals surface area contributed by atoms with Gasteiger partial charge in [0.05, 0.1) is 0 Å². The lowest BCUT2D eigenvalue weighted by Gasteiger charge is -2.42. The van der Waals surface area contributed by atoms with Crippen molar-refractivity contribution in [2.75, 3.05) is 26.7 Å². The molecule has 0 spiro atoms. The highest BCUT2D eigenvalue weighted by Crippen LogP contribution is 2.25. The number of hydrogen-bond donors (Lipinski definition) is 1. The second kappa shape index (κ2) is 3.11. The lowest BCUT2D eigenvalue weighted by atomic mass is 9.85. The van der Waals surface area contributed by atoms with Crippen LogP contribution in [0.15, 0.2) is 0 Å². The molecule has 2 aliphatic heterocycles. The molecule has 0 aromatic rings. The molecular formula is C9H18N2. The van der Waals surface area contributed by atoms with Crippen molar-refractivity contribution in [3.63, 3.8) is 0 Å². The first-order valence-corrected chi connectivity index (χ1v) is 4.80. The van der Waals surface area contributed by atoms with E-state index in [4.69, 9.17) is 0 Å². The van der Waals surface area contributed by atoms with Crippen LogP contribution in [0.4, 0.5) is 0 Å². The third kappa shape index (κ3) is 1.42. The normalized spacial score (nSPS) is 43.9. The van der Waals surface area contributed by atoms with Crippen molar-refractivity contribution in [3.8, 4) is 0 Å². The van der Waals surface area contributed by atoms with Gasteiger partial charge in [-0.2, -0.15) is 0 Å². The van der Waals surface area contributed by atoms with Gasteiger partial charge in [0.1, 0.15) is 0 Å². The predicted molar refractivity (Wildman–Crippen MR) is 46.6 cm³/mol. The molecule has 0 aromatic carbocycles. The number of hydrogen-bond acceptors (Lipinski definition) is 2. The summed E-state index contributed by atoms with van der Waals surface area (Å²) in [6, 6.07) is 0.812. The lowest BCUT2D eigenvalue weighted by molar-refractivity contribution is 0.0954. The average Bonchev–Trinajstić information content (AvgIpc) is 2.06. The third-order valence-corrected chi connectivity index (χ3v) is 3.24. The molecule has 2 aliphatic rings. The van der Waals surface area contributed by atoms with Crippen molar-refractivity contribution in [3.05, 3.63) is 0 Å². The first-order valence-electron chi connectivity index (χ1n) is 4.80. The molecule has 3 unspecified atom stereocenters. The molecule has 2 heteroatoms.